The van der Waals surface area contributed by atoms with E-state index in [4.69, 9.17) is 9.47 Å². The van der Waals surface area contributed by atoms with Crippen molar-refractivity contribution in [1.82, 2.24) is 10.6 Å². The molecule has 0 aliphatic heterocycles. The van der Waals surface area contributed by atoms with Crippen molar-refractivity contribution in [1.29, 1.82) is 0 Å². The van der Waals surface area contributed by atoms with E-state index in [1.807, 2.05) is 24.3 Å². The van der Waals surface area contributed by atoms with E-state index in [1.165, 1.54) is 4.88 Å². The quantitative estimate of drug-likeness (QED) is 0.262. The summed E-state index contributed by atoms with van der Waals surface area (Å²) in [4.78, 5) is 5.55. The van der Waals surface area contributed by atoms with Crippen molar-refractivity contribution >= 4 is 41.3 Å². The first-order valence-corrected chi connectivity index (χ1v) is 8.88. The molecular weight excluding hydrogens is 449 g/mol. The summed E-state index contributed by atoms with van der Waals surface area (Å²) >= 11 is 1.74. The van der Waals surface area contributed by atoms with Gasteiger partial charge in [0.1, 0.15) is 11.5 Å². The number of ether oxygens (including phenoxy) is 2. The van der Waals surface area contributed by atoms with Crippen molar-refractivity contribution in [2.24, 2.45) is 4.99 Å². The summed E-state index contributed by atoms with van der Waals surface area (Å²) in [5.74, 6) is 2.43. The van der Waals surface area contributed by atoms with Crippen LogP contribution in [0.3, 0.4) is 0 Å². The van der Waals surface area contributed by atoms with Gasteiger partial charge in [0.25, 0.3) is 0 Å². The number of hydrogen-bond acceptors (Lipinski definition) is 4. The molecule has 0 aliphatic rings. The number of nitrogens with zero attached hydrogens (tertiary/aromatic N) is 1. The van der Waals surface area contributed by atoms with Gasteiger partial charge in [0.2, 0.25) is 0 Å². The maximum absolute atomic E-state index is 5.73. The number of methoxy groups -OCH3 is 1. The molecule has 0 amide bonds. The number of hydrogen-bond donors (Lipinski definition) is 2. The Kier molecular flexibility index (Phi) is 10.3. The lowest BCUT2D eigenvalue weighted by Crippen LogP contribution is -2.39. The number of guanidine groups is 1. The number of thiophene rings is 1. The minimum Gasteiger partial charge on any atom is -0.497 e. The van der Waals surface area contributed by atoms with Crippen molar-refractivity contribution in [2.45, 2.75) is 19.4 Å². The van der Waals surface area contributed by atoms with Crippen LogP contribution < -0.4 is 20.1 Å². The largest absolute Gasteiger partial charge is 0.497 e. The van der Waals surface area contributed by atoms with E-state index in [0.29, 0.717) is 6.61 Å². The number of aliphatic imine (C=N–C) groups is 1. The molecule has 5 nitrogen and oxygen atoms in total. The number of halogens is 1. The van der Waals surface area contributed by atoms with E-state index in [2.05, 4.69) is 40.1 Å². The summed E-state index contributed by atoms with van der Waals surface area (Å²) in [5, 5.41) is 8.78. The van der Waals surface area contributed by atoms with Gasteiger partial charge in [-0.1, -0.05) is 12.1 Å². The van der Waals surface area contributed by atoms with Crippen molar-refractivity contribution in [3.8, 4) is 11.5 Å². The summed E-state index contributed by atoms with van der Waals surface area (Å²) in [6, 6.07) is 12.1. The van der Waals surface area contributed by atoms with Gasteiger partial charge < -0.3 is 20.1 Å². The lowest BCUT2D eigenvalue weighted by Gasteiger charge is -2.17. The second-order valence-electron chi connectivity index (χ2n) is 5.26. The fourth-order valence-corrected chi connectivity index (χ4v) is 2.90. The first-order chi connectivity index (χ1) is 11.7. The topological polar surface area (TPSA) is 54.9 Å². The van der Waals surface area contributed by atoms with Gasteiger partial charge in [-0.3, -0.25) is 4.99 Å². The Morgan fingerprint density at radius 2 is 2.04 bits per heavy atom. The minimum absolute atomic E-state index is 0. The van der Waals surface area contributed by atoms with E-state index in [9.17, 15) is 0 Å². The molecule has 2 aromatic rings. The highest BCUT2D eigenvalue weighted by molar-refractivity contribution is 14.0. The van der Waals surface area contributed by atoms with E-state index in [1.54, 1.807) is 25.5 Å². The zero-order chi connectivity index (χ0) is 17.2. The molecule has 1 unspecified atom stereocenters. The third-order valence-electron chi connectivity index (χ3n) is 3.47. The Morgan fingerprint density at radius 1 is 1.24 bits per heavy atom. The Labute approximate surface area is 170 Å². The summed E-state index contributed by atoms with van der Waals surface area (Å²) in [5.41, 5.74) is 0. The van der Waals surface area contributed by atoms with Crippen LogP contribution in [0.4, 0.5) is 0 Å². The van der Waals surface area contributed by atoms with Gasteiger partial charge in [-0.2, -0.15) is 0 Å². The molecule has 1 atom stereocenters. The fraction of sp³-hybridized carbons (Fsp3) is 0.389. The molecule has 0 saturated carbocycles. The second-order valence-corrected chi connectivity index (χ2v) is 6.24. The molecular formula is C18H26IN3O2S. The van der Waals surface area contributed by atoms with Crippen molar-refractivity contribution < 1.29 is 9.47 Å². The van der Waals surface area contributed by atoms with Gasteiger partial charge in [0.15, 0.2) is 5.96 Å². The second kappa shape index (κ2) is 12.0. The molecule has 2 rings (SSSR count). The van der Waals surface area contributed by atoms with Crippen LogP contribution in [0.5, 0.6) is 11.5 Å². The molecule has 138 valence electrons. The highest BCUT2D eigenvalue weighted by Crippen LogP contribution is 2.19. The Balaban J connectivity index is 0.00000312. The lowest BCUT2D eigenvalue weighted by atomic mass is 10.3. The van der Waals surface area contributed by atoms with Crippen LogP contribution in [0.1, 0.15) is 24.3 Å². The predicted octanol–water partition coefficient (Wildman–Crippen LogP) is 4.07. The van der Waals surface area contributed by atoms with Crippen LogP contribution >= 0.6 is 35.3 Å². The minimum atomic E-state index is 0. The summed E-state index contributed by atoms with van der Waals surface area (Å²) in [6.45, 7) is 3.56. The van der Waals surface area contributed by atoms with Crippen molar-refractivity contribution in [3.63, 3.8) is 0 Å². The maximum Gasteiger partial charge on any atom is 0.191 e. The van der Waals surface area contributed by atoms with Gasteiger partial charge in [0.05, 0.1) is 19.8 Å². The Hall–Kier alpha value is -1.48. The zero-order valence-corrected chi connectivity index (χ0v) is 18.0. The lowest BCUT2D eigenvalue weighted by molar-refractivity contribution is 0.308. The van der Waals surface area contributed by atoms with Crippen molar-refractivity contribution in [3.05, 3.63) is 46.7 Å². The molecule has 0 fully saturated rings. The number of nitrogens with one attached hydrogen (secondary N) is 2. The number of rotatable bonds is 8. The van der Waals surface area contributed by atoms with Gasteiger partial charge in [-0.15, -0.1) is 35.3 Å². The van der Waals surface area contributed by atoms with Gasteiger partial charge in [0, 0.05) is 24.5 Å². The molecule has 1 heterocycles. The Morgan fingerprint density at radius 3 is 2.72 bits per heavy atom. The third kappa shape index (κ3) is 7.52. The summed E-state index contributed by atoms with van der Waals surface area (Å²) in [7, 11) is 3.43. The van der Waals surface area contributed by atoms with Crippen LogP contribution in [-0.2, 0) is 0 Å². The molecule has 0 bridgehead atoms. The molecule has 1 aromatic heterocycles. The molecule has 25 heavy (non-hydrogen) atoms. The molecule has 0 radical (unpaired) electrons. The van der Waals surface area contributed by atoms with Gasteiger partial charge in [-0.05, 0) is 36.9 Å². The third-order valence-corrected chi connectivity index (χ3v) is 4.53. The molecule has 0 saturated heterocycles. The van der Waals surface area contributed by atoms with E-state index in [0.717, 1.165) is 30.4 Å². The average molecular weight is 475 g/mol. The fourth-order valence-electron chi connectivity index (χ4n) is 2.17. The molecule has 1 aromatic carbocycles. The van der Waals surface area contributed by atoms with Crippen LogP contribution in [0.15, 0.2) is 46.8 Å². The monoisotopic (exact) mass is 475 g/mol. The molecule has 0 spiro atoms. The van der Waals surface area contributed by atoms with E-state index < -0.39 is 0 Å². The maximum atomic E-state index is 5.73. The first-order valence-electron chi connectivity index (χ1n) is 8.00. The predicted molar refractivity (Wildman–Crippen MR) is 116 cm³/mol. The highest BCUT2D eigenvalue weighted by atomic mass is 127. The van der Waals surface area contributed by atoms with Crippen molar-refractivity contribution in [2.75, 3.05) is 27.3 Å². The van der Waals surface area contributed by atoms with E-state index in [-0.39, 0.29) is 30.0 Å². The van der Waals surface area contributed by atoms with Gasteiger partial charge in [-0.25, -0.2) is 0 Å². The standard InChI is InChI=1S/C18H25N3O2S.HI/c1-14(17-9-5-12-24-17)21-18(19-2)20-10-6-11-23-16-8-4-7-15(13-16)22-3;/h4-5,7-9,12-14H,6,10-11H2,1-3H3,(H2,19,20,21);1H. The van der Waals surface area contributed by atoms with Crippen LogP contribution in [0.2, 0.25) is 0 Å². The molecule has 2 N–H and O–H groups in total. The van der Waals surface area contributed by atoms with Crippen LogP contribution in [0, 0.1) is 0 Å². The normalized spacial score (nSPS) is 12.0. The summed E-state index contributed by atoms with van der Waals surface area (Å²) < 4.78 is 10.9. The molecule has 7 heteroatoms. The molecule has 0 aliphatic carbocycles. The summed E-state index contributed by atoms with van der Waals surface area (Å²) in [6.07, 6.45) is 0.880. The zero-order valence-electron chi connectivity index (χ0n) is 14.8. The van der Waals surface area contributed by atoms with Crippen LogP contribution in [0.25, 0.3) is 0 Å². The average Bonchev–Trinajstić information content (AvgIpc) is 3.15. The highest BCUT2D eigenvalue weighted by Gasteiger charge is 2.08. The SMILES string of the molecule is CN=C(NCCCOc1cccc(OC)c1)NC(C)c1cccs1.I. The number of benzene rings is 1. The smallest absolute Gasteiger partial charge is 0.191 e. The first kappa shape index (κ1) is 21.6. The van der Waals surface area contributed by atoms with Crippen LogP contribution in [-0.4, -0.2) is 33.3 Å². The Bertz CT molecular complexity index is 635. The van der Waals surface area contributed by atoms with E-state index >= 15 is 0 Å². The van der Waals surface area contributed by atoms with Gasteiger partial charge >= 0.3 is 0 Å².